The lowest BCUT2D eigenvalue weighted by Crippen LogP contribution is -2.45. The number of aliphatic hydroxyl groups excluding tert-OH is 2. The van der Waals surface area contributed by atoms with E-state index in [2.05, 4.69) is 67.8 Å². The number of hydrogen-bond donors (Lipinski definition) is 3. The van der Waals surface area contributed by atoms with E-state index in [1.807, 2.05) is 6.08 Å². The fourth-order valence-corrected chi connectivity index (χ4v) is 11.9. The monoisotopic (exact) mass is 1200 g/mol. The highest BCUT2D eigenvalue weighted by atomic mass is 16.5. The second-order valence-corrected chi connectivity index (χ2v) is 26.3. The van der Waals surface area contributed by atoms with Gasteiger partial charge in [0.1, 0.15) is 0 Å². The number of nitrogens with one attached hydrogen (secondary N) is 1. The molecule has 6 heteroatoms. The first-order valence-corrected chi connectivity index (χ1v) is 38.6. The molecule has 1 amide bonds. The molecule has 86 heavy (non-hydrogen) atoms. The highest BCUT2D eigenvalue weighted by molar-refractivity contribution is 5.76. The van der Waals surface area contributed by atoms with Crippen LogP contribution < -0.4 is 5.32 Å². The fraction of sp³-hybridized carbons (Fsp3) is 0.850. The molecule has 0 aromatic rings. The normalized spacial score (nSPS) is 12.8. The smallest absolute Gasteiger partial charge is 0.305 e. The Morgan fingerprint density at radius 3 is 0.907 bits per heavy atom. The summed E-state index contributed by atoms with van der Waals surface area (Å²) in [4.78, 5) is 24.6. The molecule has 0 saturated heterocycles. The van der Waals surface area contributed by atoms with Gasteiger partial charge in [-0.1, -0.05) is 364 Å². The first-order valence-electron chi connectivity index (χ1n) is 38.6. The van der Waals surface area contributed by atoms with Gasteiger partial charge >= 0.3 is 5.97 Å². The highest BCUT2D eigenvalue weighted by Gasteiger charge is 2.18. The van der Waals surface area contributed by atoms with Crippen LogP contribution in [0, 0.1) is 0 Å². The lowest BCUT2D eigenvalue weighted by Gasteiger charge is -2.20. The Labute approximate surface area is 537 Å². The van der Waals surface area contributed by atoms with Crippen molar-refractivity contribution in [3.8, 4) is 0 Å². The van der Waals surface area contributed by atoms with Crippen LogP contribution in [0.2, 0.25) is 0 Å². The molecule has 0 aliphatic carbocycles. The van der Waals surface area contributed by atoms with Crippen LogP contribution in [0.1, 0.15) is 412 Å². The van der Waals surface area contributed by atoms with Gasteiger partial charge in [0.05, 0.1) is 25.4 Å². The van der Waals surface area contributed by atoms with Crippen LogP contribution in [-0.4, -0.2) is 47.4 Å². The molecular weight excluding hydrogens is 1050 g/mol. The van der Waals surface area contributed by atoms with Crippen molar-refractivity contribution in [2.75, 3.05) is 13.2 Å². The van der Waals surface area contributed by atoms with Gasteiger partial charge < -0.3 is 20.3 Å². The van der Waals surface area contributed by atoms with E-state index >= 15 is 0 Å². The van der Waals surface area contributed by atoms with Crippen molar-refractivity contribution in [1.82, 2.24) is 5.32 Å². The number of carbonyl (C=O) groups excluding carboxylic acids is 2. The number of amides is 1. The molecule has 0 aliphatic rings. The molecule has 3 N–H and O–H groups in total. The molecule has 504 valence electrons. The zero-order chi connectivity index (χ0) is 62.0. The minimum Gasteiger partial charge on any atom is -0.466 e. The summed E-state index contributed by atoms with van der Waals surface area (Å²) in [6.45, 7) is 4.90. The van der Waals surface area contributed by atoms with Crippen LogP contribution in [0.4, 0.5) is 0 Å². The van der Waals surface area contributed by atoms with Crippen LogP contribution in [0.5, 0.6) is 0 Å². The van der Waals surface area contributed by atoms with Gasteiger partial charge in [0.2, 0.25) is 5.91 Å². The van der Waals surface area contributed by atoms with Crippen molar-refractivity contribution in [2.24, 2.45) is 0 Å². The number of allylic oxidation sites excluding steroid dienone is 9. The predicted molar refractivity (Wildman–Crippen MR) is 379 cm³/mol. The van der Waals surface area contributed by atoms with Gasteiger partial charge in [-0.3, -0.25) is 9.59 Å². The number of rotatable bonds is 72. The van der Waals surface area contributed by atoms with Crippen molar-refractivity contribution in [2.45, 2.75) is 424 Å². The lowest BCUT2D eigenvalue weighted by molar-refractivity contribution is -0.143. The van der Waals surface area contributed by atoms with Crippen LogP contribution in [0.15, 0.2) is 60.8 Å². The van der Waals surface area contributed by atoms with Gasteiger partial charge in [0.25, 0.3) is 0 Å². The van der Waals surface area contributed by atoms with Crippen molar-refractivity contribution < 1.29 is 24.5 Å². The van der Waals surface area contributed by atoms with Gasteiger partial charge in [-0.15, -0.1) is 0 Å². The summed E-state index contributed by atoms with van der Waals surface area (Å²) >= 11 is 0. The fourth-order valence-electron chi connectivity index (χ4n) is 11.9. The number of carbonyl (C=O) groups is 2. The Morgan fingerprint density at radius 2 is 0.581 bits per heavy atom. The third-order valence-electron chi connectivity index (χ3n) is 17.8. The molecular formula is C80H149NO5. The maximum atomic E-state index is 12.5. The number of esters is 1. The minimum atomic E-state index is -0.844. The van der Waals surface area contributed by atoms with E-state index in [1.165, 1.54) is 327 Å². The molecule has 6 nitrogen and oxygen atoms in total. The molecule has 0 rings (SSSR count). The molecule has 0 fully saturated rings. The summed E-state index contributed by atoms with van der Waals surface area (Å²) in [5.74, 6) is -0.0581. The van der Waals surface area contributed by atoms with E-state index < -0.39 is 12.1 Å². The van der Waals surface area contributed by atoms with Gasteiger partial charge in [0.15, 0.2) is 0 Å². The Balaban J connectivity index is 3.38. The number of unbranched alkanes of at least 4 members (excludes halogenated alkanes) is 53. The Bertz CT molecular complexity index is 1480. The standard InChI is InChI=1S/C80H149NO5/c1-3-5-7-9-11-13-15-17-19-41-45-48-52-56-60-64-68-72-78(83)77(76-82)81-79(84)73-69-65-61-57-53-49-46-42-39-37-35-33-31-29-27-25-23-21-20-22-24-26-28-30-32-34-36-38-40-43-47-51-55-59-63-67-71-75-86-80(85)74-70-66-62-58-54-50-44-18-16-14-12-10-8-6-4-2/h12,14,18,20,22,26,28,44,68,72,77-78,82-83H,3-11,13,15-17,19,21,23-25,27,29-43,45-67,69-71,73-76H2,1-2H3,(H,81,84)/b14-12-,22-20-,28-26-,44-18-,72-68+. The summed E-state index contributed by atoms with van der Waals surface area (Å²) in [5.41, 5.74) is 0. The summed E-state index contributed by atoms with van der Waals surface area (Å²) in [6.07, 6.45) is 100. The van der Waals surface area contributed by atoms with E-state index in [1.54, 1.807) is 6.08 Å². The number of aliphatic hydroxyl groups is 2. The van der Waals surface area contributed by atoms with E-state index in [4.69, 9.17) is 4.74 Å². The molecule has 2 unspecified atom stereocenters. The molecule has 0 aromatic carbocycles. The maximum absolute atomic E-state index is 12.5. The van der Waals surface area contributed by atoms with E-state index in [-0.39, 0.29) is 18.5 Å². The Kier molecular flexibility index (Phi) is 72.9. The van der Waals surface area contributed by atoms with Crippen LogP contribution in [-0.2, 0) is 14.3 Å². The Hall–Kier alpha value is -2.44. The molecule has 0 saturated carbocycles. The molecule has 0 bridgehead atoms. The van der Waals surface area contributed by atoms with Crippen LogP contribution >= 0.6 is 0 Å². The quantitative estimate of drug-likeness (QED) is 0.0320. The molecule has 0 aromatic heterocycles. The predicted octanol–water partition coefficient (Wildman–Crippen LogP) is 25.4. The third kappa shape index (κ3) is 70.6. The van der Waals surface area contributed by atoms with E-state index in [9.17, 15) is 19.8 Å². The summed E-state index contributed by atoms with van der Waals surface area (Å²) < 4.78 is 5.49. The van der Waals surface area contributed by atoms with Gasteiger partial charge in [-0.25, -0.2) is 0 Å². The average molecular weight is 1210 g/mol. The summed E-state index contributed by atoms with van der Waals surface area (Å²) in [7, 11) is 0. The topological polar surface area (TPSA) is 95.9 Å². The van der Waals surface area contributed by atoms with Gasteiger partial charge in [0, 0.05) is 12.8 Å². The zero-order valence-corrected chi connectivity index (χ0v) is 57.8. The van der Waals surface area contributed by atoms with Crippen LogP contribution in [0.25, 0.3) is 0 Å². The van der Waals surface area contributed by atoms with Gasteiger partial charge in [-0.05, 0) is 96.3 Å². The summed E-state index contributed by atoms with van der Waals surface area (Å²) in [6, 6.07) is -0.627. The number of hydrogen-bond acceptors (Lipinski definition) is 5. The molecule has 0 spiro atoms. The molecule has 0 radical (unpaired) electrons. The van der Waals surface area contributed by atoms with E-state index in [0.717, 1.165) is 57.8 Å². The first-order chi connectivity index (χ1) is 42.5. The minimum absolute atomic E-state index is 0.00453. The van der Waals surface area contributed by atoms with Crippen molar-refractivity contribution in [3.63, 3.8) is 0 Å². The zero-order valence-electron chi connectivity index (χ0n) is 57.8. The van der Waals surface area contributed by atoms with E-state index in [0.29, 0.717) is 19.4 Å². The number of ether oxygens (including phenoxy) is 1. The second-order valence-electron chi connectivity index (χ2n) is 26.3. The summed E-state index contributed by atoms with van der Waals surface area (Å²) in [5, 5.41) is 23.2. The van der Waals surface area contributed by atoms with Crippen molar-refractivity contribution >= 4 is 11.9 Å². The first kappa shape index (κ1) is 83.6. The third-order valence-corrected chi connectivity index (χ3v) is 17.8. The molecule has 0 aliphatic heterocycles. The second kappa shape index (κ2) is 75.0. The van der Waals surface area contributed by atoms with Crippen LogP contribution in [0.3, 0.4) is 0 Å². The van der Waals surface area contributed by atoms with Crippen molar-refractivity contribution in [1.29, 1.82) is 0 Å². The molecule has 2 atom stereocenters. The SMILES string of the molecule is CCCCC/C=C\C/C=C\CCCCCCCC(=O)OCCCCCCCCCCCCCCC/C=C\C/C=C\CCCCCCCCCCCCCCCCCCCC(=O)NC(CO)C(O)/C=C/CCCCCCCCCCCCCCCCC. The van der Waals surface area contributed by atoms with Crippen molar-refractivity contribution in [3.05, 3.63) is 60.8 Å². The van der Waals surface area contributed by atoms with Gasteiger partial charge in [-0.2, -0.15) is 0 Å². The maximum Gasteiger partial charge on any atom is 0.305 e. The Morgan fingerprint density at radius 1 is 0.326 bits per heavy atom. The largest absolute Gasteiger partial charge is 0.466 e. The average Bonchev–Trinajstić information content (AvgIpc) is 3.59. The highest BCUT2D eigenvalue weighted by Crippen LogP contribution is 2.19. The molecule has 0 heterocycles. The lowest BCUT2D eigenvalue weighted by atomic mass is 10.0.